The molecule has 0 fully saturated rings. The molecule has 0 spiro atoms. The van der Waals surface area contributed by atoms with Gasteiger partial charge < -0.3 is 14.8 Å². The van der Waals surface area contributed by atoms with Crippen LogP contribution >= 0.6 is 0 Å². The Morgan fingerprint density at radius 3 is 2.41 bits per heavy atom. The normalized spacial score (nSPS) is 16.7. The zero-order chi connectivity index (χ0) is 19.6. The number of rotatable bonds is 5. The predicted molar refractivity (Wildman–Crippen MR) is 93.7 cm³/mol. The number of methoxy groups -OCH3 is 2. The zero-order valence-corrected chi connectivity index (χ0v) is 15.1. The van der Waals surface area contributed by atoms with Gasteiger partial charge in [-0.2, -0.15) is 13.2 Å². The lowest BCUT2D eigenvalue weighted by atomic mass is 9.90. The molecule has 0 saturated heterocycles. The second-order valence-electron chi connectivity index (χ2n) is 6.55. The van der Waals surface area contributed by atoms with E-state index in [1.807, 2.05) is 12.1 Å². The molecule has 0 radical (unpaired) electrons. The van der Waals surface area contributed by atoms with Crippen molar-refractivity contribution in [3.8, 4) is 11.5 Å². The summed E-state index contributed by atoms with van der Waals surface area (Å²) < 4.78 is 63.0. The van der Waals surface area contributed by atoms with Gasteiger partial charge in [-0.25, -0.2) is 4.39 Å². The van der Waals surface area contributed by atoms with Crippen LogP contribution in [0.15, 0.2) is 30.3 Å². The third kappa shape index (κ3) is 4.35. The van der Waals surface area contributed by atoms with Gasteiger partial charge in [0.05, 0.1) is 19.8 Å². The first kappa shape index (κ1) is 19.5. The third-order valence-electron chi connectivity index (χ3n) is 4.81. The van der Waals surface area contributed by atoms with Gasteiger partial charge in [0.2, 0.25) is 0 Å². The minimum atomic E-state index is -4.56. The molecule has 1 aliphatic rings. The van der Waals surface area contributed by atoms with Gasteiger partial charge >= 0.3 is 6.18 Å². The summed E-state index contributed by atoms with van der Waals surface area (Å²) >= 11 is 0. The van der Waals surface area contributed by atoms with Crippen LogP contribution in [-0.4, -0.2) is 20.8 Å². The number of nitrogens with one attached hydrogen (secondary N) is 1. The number of hydrogen-bond acceptors (Lipinski definition) is 3. The highest BCUT2D eigenvalue weighted by Gasteiger charge is 2.31. The van der Waals surface area contributed by atoms with E-state index in [2.05, 4.69) is 5.32 Å². The van der Waals surface area contributed by atoms with E-state index in [1.54, 1.807) is 14.2 Å². The average Bonchev–Trinajstić information content (AvgIpc) is 2.64. The maximum absolute atomic E-state index is 13.6. The lowest BCUT2D eigenvalue weighted by Crippen LogP contribution is -2.30. The Kier molecular flexibility index (Phi) is 5.60. The Balaban J connectivity index is 1.82. The van der Waals surface area contributed by atoms with E-state index in [9.17, 15) is 17.6 Å². The molecule has 1 heterocycles. The molecule has 0 aromatic heterocycles. The summed E-state index contributed by atoms with van der Waals surface area (Å²) in [6.45, 7) is 0.754. The first-order valence-electron chi connectivity index (χ1n) is 8.66. The van der Waals surface area contributed by atoms with Crippen LogP contribution in [-0.2, 0) is 19.0 Å². The topological polar surface area (TPSA) is 30.5 Å². The monoisotopic (exact) mass is 383 g/mol. The van der Waals surface area contributed by atoms with Crippen molar-refractivity contribution < 1.29 is 27.0 Å². The van der Waals surface area contributed by atoms with E-state index in [1.165, 1.54) is 0 Å². The molecule has 27 heavy (non-hydrogen) atoms. The predicted octanol–water partition coefficient (Wildman–Crippen LogP) is 4.68. The van der Waals surface area contributed by atoms with Gasteiger partial charge in [0.1, 0.15) is 5.82 Å². The van der Waals surface area contributed by atoms with Gasteiger partial charge in [-0.1, -0.05) is 0 Å². The van der Waals surface area contributed by atoms with Crippen molar-refractivity contribution in [2.75, 3.05) is 20.8 Å². The number of fused-ring (bicyclic) bond motifs is 1. The first-order chi connectivity index (χ1) is 12.8. The van der Waals surface area contributed by atoms with Crippen molar-refractivity contribution in [3.05, 3.63) is 58.4 Å². The van der Waals surface area contributed by atoms with Crippen LogP contribution in [0, 0.1) is 5.82 Å². The van der Waals surface area contributed by atoms with Crippen molar-refractivity contribution in [1.29, 1.82) is 0 Å². The first-order valence-corrected chi connectivity index (χ1v) is 8.66. The van der Waals surface area contributed by atoms with Crippen LogP contribution in [0.4, 0.5) is 17.6 Å². The van der Waals surface area contributed by atoms with Crippen molar-refractivity contribution >= 4 is 0 Å². The van der Waals surface area contributed by atoms with Crippen LogP contribution in [0.1, 0.15) is 34.7 Å². The molecule has 0 aliphatic carbocycles. The Morgan fingerprint density at radius 2 is 1.74 bits per heavy atom. The fourth-order valence-corrected chi connectivity index (χ4v) is 3.50. The van der Waals surface area contributed by atoms with Gasteiger partial charge in [-0.15, -0.1) is 0 Å². The number of aryl methyl sites for hydroxylation is 1. The molecule has 0 unspecified atom stereocenters. The second kappa shape index (κ2) is 7.76. The third-order valence-corrected chi connectivity index (χ3v) is 4.81. The highest BCUT2D eigenvalue weighted by Crippen LogP contribution is 2.37. The molecule has 7 heteroatoms. The lowest BCUT2D eigenvalue weighted by molar-refractivity contribution is -0.137. The van der Waals surface area contributed by atoms with Crippen LogP contribution in [0.25, 0.3) is 0 Å². The molecule has 3 rings (SSSR count). The molecule has 3 nitrogen and oxygen atoms in total. The summed E-state index contributed by atoms with van der Waals surface area (Å²) in [5.74, 6) is 0.384. The standard InChI is InChI=1S/C20H21F4NO2/c1-26-18-9-13-5-6-25-17(16(13)11-19(18)27-2)4-3-12-7-14(20(22,23)24)10-15(21)8-12/h7-11,17,25H,3-6H2,1-2H3/t17-/m0/s1. The van der Waals surface area contributed by atoms with Crippen molar-refractivity contribution in [1.82, 2.24) is 5.32 Å². The van der Waals surface area contributed by atoms with Gasteiger partial charge in [-0.05, 0) is 72.8 Å². The highest BCUT2D eigenvalue weighted by molar-refractivity contribution is 5.49. The Hall–Kier alpha value is -2.28. The van der Waals surface area contributed by atoms with E-state index < -0.39 is 17.6 Å². The van der Waals surface area contributed by atoms with Crippen LogP contribution in [0.3, 0.4) is 0 Å². The molecule has 0 saturated carbocycles. The zero-order valence-electron chi connectivity index (χ0n) is 15.1. The lowest BCUT2D eigenvalue weighted by Gasteiger charge is -2.28. The largest absolute Gasteiger partial charge is 0.493 e. The summed E-state index contributed by atoms with van der Waals surface area (Å²) in [6.07, 6.45) is -2.86. The van der Waals surface area contributed by atoms with Gasteiger partial charge in [0.25, 0.3) is 0 Å². The summed E-state index contributed by atoms with van der Waals surface area (Å²) in [5, 5.41) is 3.38. The Morgan fingerprint density at radius 1 is 1.04 bits per heavy atom. The smallest absolute Gasteiger partial charge is 0.416 e. The molecule has 2 aromatic carbocycles. The molecule has 0 bridgehead atoms. The van der Waals surface area contributed by atoms with E-state index in [0.717, 1.165) is 36.2 Å². The summed E-state index contributed by atoms with van der Waals surface area (Å²) in [6, 6.07) is 6.49. The molecule has 146 valence electrons. The molecule has 1 N–H and O–H groups in total. The van der Waals surface area contributed by atoms with Crippen molar-refractivity contribution in [3.63, 3.8) is 0 Å². The Labute approximate surface area is 155 Å². The molecule has 1 aliphatic heterocycles. The fourth-order valence-electron chi connectivity index (χ4n) is 3.50. The minimum Gasteiger partial charge on any atom is -0.493 e. The van der Waals surface area contributed by atoms with E-state index in [0.29, 0.717) is 36.0 Å². The molecule has 2 aromatic rings. The van der Waals surface area contributed by atoms with Crippen molar-refractivity contribution in [2.45, 2.75) is 31.5 Å². The Bertz CT molecular complexity index is 820. The SMILES string of the molecule is COc1cc2c(cc1OC)[C@H](CCc1cc(F)cc(C(F)(F)F)c1)NCC2. The fraction of sp³-hybridized carbons (Fsp3) is 0.400. The quantitative estimate of drug-likeness (QED) is 0.761. The molecular formula is C20H21F4NO2. The van der Waals surface area contributed by atoms with Crippen LogP contribution < -0.4 is 14.8 Å². The maximum atomic E-state index is 13.6. The summed E-state index contributed by atoms with van der Waals surface area (Å²) in [5.41, 5.74) is 1.52. The number of benzene rings is 2. The van der Waals surface area contributed by atoms with E-state index in [4.69, 9.17) is 9.47 Å². The second-order valence-corrected chi connectivity index (χ2v) is 6.55. The number of alkyl halides is 3. The maximum Gasteiger partial charge on any atom is 0.416 e. The highest BCUT2D eigenvalue weighted by atomic mass is 19.4. The van der Waals surface area contributed by atoms with Gasteiger partial charge in [0.15, 0.2) is 11.5 Å². The summed E-state index contributed by atoms with van der Waals surface area (Å²) in [7, 11) is 3.13. The van der Waals surface area contributed by atoms with E-state index >= 15 is 0 Å². The van der Waals surface area contributed by atoms with Crippen LogP contribution in [0.2, 0.25) is 0 Å². The molecular weight excluding hydrogens is 362 g/mol. The van der Waals surface area contributed by atoms with Crippen LogP contribution in [0.5, 0.6) is 11.5 Å². The number of halogens is 4. The number of ether oxygens (including phenoxy) is 2. The molecule has 1 atom stereocenters. The van der Waals surface area contributed by atoms with Gasteiger partial charge in [-0.3, -0.25) is 0 Å². The van der Waals surface area contributed by atoms with E-state index in [-0.39, 0.29) is 6.04 Å². The average molecular weight is 383 g/mol. The van der Waals surface area contributed by atoms with Gasteiger partial charge in [0, 0.05) is 6.04 Å². The van der Waals surface area contributed by atoms with Crippen molar-refractivity contribution in [2.24, 2.45) is 0 Å². The minimum absolute atomic E-state index is 0.0499. The summed E-state index contributed by atoms with van der Waals surface area (Å²) in [4.78, 5) is 0. The molecule has 0 amide bonds. The number of hydrogen-bond donors (Lipinski definition) is 1.